The molecule has 0 aliphatic carbocycles. The lowest BCUT2D eigenvalue weighted by molar-refractivity contribution is -0.148. The van der Waals surface area contributed by atoms with Gasteiger partial charge in [-0.2, -0.15) is 0 Å². The number of esters is 1. The molecule has 1 heterocycles. The van der Waals surface area contributed by atoms with Crippen LogP contribution >= 0.6 is 11.3 Å². The van der Waals surface area contributed by atoms with E-state index in [4.69, 9.17) is 5.73 Å². The summed E-state index contributed by atoms with van der Waals surface area (Å²) in [6.45, 7) is 4.34. The van der Waals surface area contributed by atoms with Crippen LogP contribution in [0.15, 0.2) is 12.1 Å². The molecule has 0 aliphatic rings. The maximum Gasteiger partial charge on any atom is 0.332 e. The molecule has 100 valence electrons. The van der Waals surface area contributed by atoms with Gasteiger partial charge in [-0.3, -0.25) is 4.79 Å². The van der Waals surface area contributed by atoms with Crippen molar-refractivity contribution in [2.45, 2.75) is 32.9 Å². The molecule has 1 amide bonds. The number of ether oxygens (including phenoxy) is 1. The molecule has 0 bridgehead atoms. The van der Waals surface area contributed by atoms with Gasteiger partial charge >= 0.3 is 5.97 Å². The third-order valence-corrected chi connectivity index (χ3v) is 3.56. The molecule has 0 aromatic carbocycles. The third kappa shape index (κ3) is 4.12. The van der Waals surface area contributed by atoms with Crippen molar-refractivity contribution in [3.63, 3.8) is 0 Å². The van der Waals surface area contributed by atoms with E-state index in [1.807, 2.05) is 12.1 Å². The second kappa shape index (κ2) is 7.13. The van der Waals surface area contributed by atoms with Crippen LogP contribution in [0.5, 0.6) is 0 Å². The summed E-state index contributed by atoms with van der Waals surface area (Å²) in [5, 5.41) is 2.62. The Bertz CT molecular complexity index is 417. The average Bonchev–Trinajstić information content (AvgIpc) is 2.83. The quantitative estimate of drug-likeness (QED) is 0.592. The molecule has 18 heavy (non-hydrogen) atoms. The van der Waals surface area contributed by atoms with E-state index in [0.29, 0.717) is 6.54 Å². The fourth-order valence-corrected chi connectivity index (χ4v) is 2.23. The Hall–Kier alpha value is -1.40. The summed E-state index contributed by atoms with van der Waals surface area (Å²) >= 11 is 1.63. The van der Waals surface area contributed by atoms with Crippen molar-refractivity contribution in [2.75, 3.05) is 6.61 Å². The van der Waals surface area contributed by atoms with E-state index in [9.17, 15) is 9.59 Å². The minimum Gasteiger partial charge on any atom is -0.464 e. The van der Waals surface area contributed by atoms with Crippen molar-refractivity contribution in [3.8, 4) is 0 Å². The van der Waals surface area contributed by atoms with Crippen LogP contribution in [0.1, 0.15) is 23.6 Å². The number of carbonyl (C=O) groups excluding carboxylic acids is 2. The number of rotatable bonds is 6. The van der Waals surface area contributed by atoms with Gasteiger partial charge in [0.15, 0.2) is 6.04 Å². The molecule has 3 N–H and O–H groups in total. The first-order valence-electron chi connectivity index (χ1n) is 5.86. The standard InChI is InChI=1S/C12H18N2O3S/c1-3-8-5-6-9(18-8)7-14-11(15)10(13)12(16)17-4-2/h5-6,10H,3-4,7,13H2,1-2H3,(H,14,15). The van der Waals surface area contributed by atoms with Crippen molar-refractivity contribution < 1.29 is 14.3 Å². The van der Waals surface area contributed by atoms with Gasteiger partial charge in [-0.25, -0.2) is 4.79 Å². The minimum atomic E-state index is -1.25. The Morgan fingerprint density at radius 3 is 2.61 bits per heavy atom. The van der Waals surface area contributed by atoms with Crippen LogP contribution in [0.2, 0.25) is 0 Å². The molecule has 0 spiro atoms. The summed E-state index contributed by atoms with van der Waals surface area (Å²) in [7, 11) is 0. The molecule has 0 saturated carbocycles. The molecule has 1 aromatic rings. The Balaban J connectivity index is 2.43. The zero-order valence-corrected chi connectivity index (χ0v) is 11.4. The van der Waals surface area contributed by atoms with Crippen molar-refractivity contribution in [2.24, 2.45) is 5.73 Å². The molecular formula is C12H18N2O3S. The number of hydrogen-bond donors (Lipinski definition) is 2. The van der Waals surface area contributed by atoms with Crippen LogP contribution in [-0.4, -0.2) is 24.5 Å². The van der Waals surface area contributed by atoms with Crippen molar-refractivity contribution in [1.29, 1.82) is 0 Å². The van der Waals surface area contributed by atoms with Crippen molar-refractivity contribution in [3.05, 3.63) is 21.9 Å². The lowest BCUT2D eigenvalue weighted by Crippen LogP contribution is -2.46. The lowest BCUT2D eigenvalue weighted by Gasteiger charge is -2.10. The zero-order valence-electron chi connectivity index (χ0n) is 10.6. The monoisotopic (exact) mass is 270 g/mol. The molecule has 5 nitrogen and oxygen atoms in total. The second-order valence-corrected chi connectivity index (χ2v) is 4.92. The zero-order chi connectivity index (χ0) is 13.5. The van der Waals surface area contributed by atoms with Crippen molar-refractivity contribution in [1.82, 2.24) is 5.32 Å². The van der Waals surface area contributed by atoms with E-state index in [1.165, 1.54) is 4.88 Å². The first-order chi connectivity index (χ1) is 8.58. The summed E-state index contributed by atoms with van der Waals surface area (Å²) in [5.74, 6) is -1.21. The first-order valence-corrected chi connectivity index (χ1v) is 6.67. The fraction of sp³-hybridized carbons (Fsp3) is 0.500. The highest BCUT2D eigenvalue weighted by Crippen LogP contribution is 2.16. The Kier molecular flexibility index (Phi) is 5.80. The normalized spacial score (nSPS) is 11.9. The van der Waals surface area contributed by atoms with E-state index < -0.39 is 17.9 Å². The maximum absolute atomic E-state index is 11.6. The summed E-state index contributed by atoms with van der Waals surface area (Å²) in [6, 6.07) is 2.73. The predicted molar refractivity (Wildman–Crippen MR) is 70.2 cm³/mol. The number of hydrogen-bond acceptors (Lipinski definition) is 5. The molecule has 0 saturated heterocycles. The van der Waals surface area contributed by atoms with Gasteiger partial charge in [-0.1, -0.05) is 6.92 Å². The van der Waals surface area contributed by atoms with Gasteiger partial charge in [0.05, 0.1) is 13.2 Å². The van der Waals surface area contributed by atoms with Crippen LogP contribution < -0.4 is 11.1 Å². The number of aryl methyl sites for hydroxylation is 1. The number of thiophene rings is 1. The average molecular weight is 270 g/mol. The Morgan fingerprint density at radius 1 is 1.39 bits per heavy atom. The summed E-state index contributed by atoms with van der Waals surface area (Å²) < 4.78 is 4.68. The fourth-order valence-electron chi connectivity index (χ4n) is 1.33. The molecule has 1 rings (SSSR count). The molecule has 6 heteroatoms. The van der Waals surface area contributed by atoms with Crippen LogP contribution in [0.25, 0.3) is 0 Å². The molecule has 0 aliphatic heterocycles. The van der Waals surface area contributed by atoms with Gasteiger partial charge in [-0.15, -0.1) is 11.3 Å². The largest absolute Gasteiger partial charge is 0.464 e. The van der Waals surface area contributed by atoms with E-state index in [-0.39, 0.29) is 6.61 Å². The molecular weight excluding hydrogens is 252 g/mol. The topological polar surface area (TPSA) is 81.4 Å². The van der Waals surface area contributed by atoms with Gasteiger partial charge in [0, 0.05) is 9.75 Å². The molecule has 1 unspecified atom stereocenters. The highest BCUT2D eigenvalue weighted by molar-refractivity contribution is 7.11. The predicted octanol–water partition coefficient (Wildman–Crippen LogP) is 0.817. The van der Waals surface area contributed by atoms with Crippen LogP contribution in [0.3, 0.4) is 0 Å². The maximum atomic E-state index is 11.6. The number of amides is 1. The van der Waals surface area contributed by atoms with Gasteiger partial charge in [0.1, 0.15) is 0 Å². The van der Waals surface area contributed by atoms with Gasteiger partial charge < -0.3 is 15.8 Å². The molecule has 0 radical (unpaired) electrons. The van der Waals surface area contributed by atoms with E-state index in [0.717, 1.165) is 11.3 Å². The smallest absolute Gasteiger partial charge is 0.332 e. The van der Waals surface area contributed by atoms with Crippen LogP contribution in [-0.2, 0) is 27.3 Å². The third-order valence-electron chi connectivity index (χ3n) is 2.33. The van der Waals surface area contributed by atoms with E-state index in [1.54, 1.807) is 18.3 Å². The molecule has 1 atom stereocenters. The number of nitrogens with two attached hydrogens (primary N) is 1. The summed E-state index contributed by atoms with van der Waals surface area (Å²) in [5.41, 5.74) is 5.46. The lowest BCUT2D eigenvalue weighted by atomic mass is 10.3. The minimum absolute atomic E-state index is 0.213. The first kappa shape index (κ1) is 14.7. The summed E-state index contributed by atoms with van der Waals surface area (Å²) in [4.78, 5) is 25.1. The van der Waals surface area contributed by atoms with Gasteiger partial charge in [-0.05, 0) is 25.5 Å². The highest BCUT2D eigenvalue weighted by atomic mass is 32.1. The summed E-state index contributed by atoms with van der Waals surface area (Å²) in [6.07, 6.45) is 0.973. The Labute approximate surface area is 110 Å². The second-order valence-electron chi connectivity index (χ2n) is 3.67. The van der Waals surface area contributed by atoms with E-state index >= 15 is 0 Å². The van der Waals surface area contributed by atoms with Gasteiger partial charge in [0.2, 0.25) is 5.91 Å². The molecule has 0 fully saturated rings. The highest BCUT2D eigenvalue weighted by Gasteiger charge is 2.22. The number of carbonyl (C=O) groups is 2. The Morgan fingerprint density at radius 2 is 2.06 bits per heavy atom. The SMILES string of the molecule is CCOC(=O)C(N)C(=O)NCc1ccc(CC)s1. The molecule has 1 aromatic heterocycles. The van der Waals surface area contributed by atoms with E-state index in [2.05, 4.69) is 17.0 Å². The number of nitrogens with one attached hydrogen (secondary N) is 1. The van der Waals surface area contributed by atoms with Crippen LogP contribution in [0, 0.1) is 0 Å². The van der Waals surface area contributed by atoms with Gasteiger partial charge in [0.25, 0.3) is 0 Å². The van der Waals surface area contributed by atoms with Crippen LogP contribution in [0.4, 0.5) is 0 Å². The van der Waals surface area contributed by atoms with Crippen molar-refractivity contribution >= 4 is 23.2 Å².